The summed E-state index contributed by atoms with van der Waals surface area (Å²) in [6.07, 6.45) is 8.57. The van der Waals surface area contributed by atoms with Gasteiger partial charge < -0.3 is 10.5 Å². The third-order valence-electron chi connectivity index (χ3n) is 7.68. The molecule has 27 heavy (non-hydrogen) atoms. The molecule has 0 amide bonds. The van der Waals surface area contributed by atoms with Gasteiger partial charge in [-0.3, -0.25) is 4.90 Å². The highest BCUT2D eigenvalue weighted by Crippen LogP contribution is 2.58. The Morgan fingerprint density at radius 2 is 1.70 bits per heavy atom. The fraction of sp³-hybridized carbons (Fsp3) is 0.636. The van der Waals surface area contributed by atoms with Crippen LogP contribution >= 0.6 is 0 Å². The number of nitrogen functional groups attached to an aromatic ring is 1. The molecule has 0 spiro atoms. The number of benzene rings is 1. The van der Waals surface area contributed by atoms with Crippen molar-refractivity contribution in [1.29, 1.82) is 0 Å². The van der Waals surface area contributed by atoms with Gasteiger partial charge in [-0.1, -0.05) is 12.1 Å². The lowest BCUT2D eigenvalue weighted by molar-refractivity contribution is -0.137. The largest absolute Gasteiger partial charge is 0.383 e. The zero-order chi connectivity index (χ0) is 18.0. The number of morpholine rings is 1. The molecule has 4 bridgehead atoms. The first-order valence-electron chi connectivity index (χ1n) is 10.6. The summed E-state index contributed by atoms with van der Waals surface area (Å²) in [7, 11) is 0. The summed E-state index contributed by atoms with van der Waals surface area (Å²) in [6.45, 7) is 2.72. The van der Waals surface area contributed by atoms with E-state index in [1.54, 1.807) is 0 Å². The van der Waals surface area contributed by atoms with E-state index >= 15 is 0 Å². The molecule has 2 aromatic rings. The van der Waals surface area contributed by atoms with Crippen LogP contribution in [0.3, 0.4) is 0 Å². The molecule has 0 radical (unpaired) electrons. The summed E-state index contributed by atoms with van der Waals surface area (Å²) in [4.78, 5) is 12.2. The molecule has 1 unspecified atom stereocenters. The molecule has 1 aromatic carbocycles. The highest BCUT2D eigenvalue weighted by atomic mass is 16.5. The fourth-order valence-electron chi connectivity index (χ4n) is 6.95. The number of rotatable bonds is 2. The van der Waals surface area contributed by atoms with Gasteiger partial charge in [0, 0.05) is 24.0 Å². The van der Waals surface area contributed by atoms with Crippen LogP contribution in [0.4, 0.5) is 5.82 Å². The van der Waals surface area contributed by atoms with Gasteiger partial charge in [-0.05, 0) is 68.4 Å². The molecule has 2 heterocycles. The van der Waals surface area contributed by atoms with E-state index < -0.39 is 0 Å². The second-order valence-corrected chi connectivity index (χ2v) is 9.43. The number of nitrogens with zero attached hydrogens (tertiary/aromatic N) is 3. The number of nitrogens with two attached hydrogens (primary N) is 1. The maximum atomic E-state index is 6.22. The lowest BCUT2D eigenvalue weighted by Crippen LogP contribution is -2.62. The van der Waals surface area contributed by atoms with Gasteiger partial charge in [0.1, 0.15) is 11.9 Å². The lowest BCUT2D eigenvalue weighted by atomic mass is 9.52. The van der Waals surface area contributed by atoms with Gasteiger partial charge in [-0.25, -0.2) is 9.97 Å². The molecule has 1 atom stereocenters. The number of para-hydroxylation sites is 1. The van der Waals surface area contributed by atoms with E-state index in [2.05, 4.69) is 9.88 Å². The summed E-state index contributed by atoms with van der Waals surface area (Å²) < 4.78 is 6.14. The minimum absolute atomic E-state index is 0.0707. The first-order valence-corrected chi connectivity index (χ1v) is 10.6. The molecule has 7 rings (SSSR count). The summed E-state index contributed by atoms with van der Waals surface area (Å²) in [5.41, 5.74) is 7.55. The molecule has 5 fully saturated rings. The van der Waals surface area contributed by atoms with Crippen molar-refractivity contribution >= 4 is 16.7 Å². The van der Waals surface area contributed by atoms with Crippen molar-refractivity contribution in [1.82, 2.24) is 14.9 Å². The van der Waals surface area contributed by atoms with Crippen molar-refractivity contribution in [3.8, 4) is 0 Å². The molecular weight excluding hydrogens is 336 g/mol. The summed E-state index contributed by atoms with van der Waals surface area (Å²) in [6, 6.07) is 7.98. The van der Waals surface area contributed by atoms with E-state index in [0.717, 1.165) is 54.2 Å². The smallest absolute Gasteiger partial charge is 0.161 e. The van der Waals surface area contributed by atoms with Crippen molar-refractivity contribution in [3.05, 3.63) is 30.1 Å². The van der Waals surface area contributed by atoms with E-state index in [-0.39, 0.29) is 6.10 Å². The lowest BCUT2D eigenvalue weighted by Gasteiger charge is -2.61. The number of hydrogen-bond acceptors (Lipinski definition) is 5. The first-order chi connectivity index (χ1) is 13.2. The predicted octanol–water partition coefficient (Wildman–Crippen LogP) is 3.55. The van der Waals surface area contributed by atoms with Crippen LogP contribution in [0.15, 0.2) is 24.3 Å². The zero-order valence-corrected chi connectivity index (χ0v) is 15.8. The second-order valence-electron chi connectivity index (χ2n) is 9.43. The second kappa shape index (κ2) is 5.89. The van der Waals surface area contributed by atoms with Crippen LogP contribution in [0.5, 0.6) is 0 Å². The quantitative estimate of drug-likeness (QED) is 0.883. The van der Waals surface area contributed by atoms with Gasteiger partial charge in [0.25, 0.3) is 0 Å². The molecule has 5 heteroatoms. The van der Waals surface area contributed by atoms with Crippen molar-refractivity contribution in [3.63, 3.8) is 0 Å². The van der Waals surface area contributed by atoms with E-state index in [1.165, 1.54) is 38.5 Å². The minimum Gasteiger partial charge on any atom is -0.383 e. The van der Waals surface area contributed by atoms with Crippen LogP contribution < -0.4 is 5.73 Å². The highest BCUT2D eigenvalue weighted by Gasteiger charge is 2.54. The Bertz CT molecular complexity index is 846. The number of anilines is 1. The van der Waals surface area contributed by atoms with Crippen molar-refractivity contribution < 1.29 is 4.74 Å². The summed E-state index contributed by atoms with van der Waals surface area (Å²) in [5.74, 6) is 4.20. The Hall–Kier alpha value is -1.72. The molecule has 2 N–H and O–H groups in total. The molecule has 5 nitrogen and oxygen atoms in total. The molecule has 1 aliphatic heterocycles. The van der Waals surface area contributed by atoms with Crippen LogP contribution in [0.1, 0.15) is 50.5 Å². The molecule has 4 saturated carbocycles. The predicted molar refractivity (Wildman–Crippen MR) is 105 cm³/mol. The van der Waals surface area contributed by atoms with Gasteiger partial charge in [-0.2, -0.15) is 0 Å². The number of ether oxygens (including phenoxy) is 1. The monoisotopic (exact) mass is 364 g/mol. The standard InChI is InChI=1S/C22H28N4O/c23-20-17-3-1-2-4-18(17)24-21(25-20)19-13-26(5-6-27-19)22-10-14-7-15(11-22)9-16(8-14)12-22/h1-4,14-16,19H,5-13H2,(H2,23,24,25). The van der Waals surface area contributed by atoms with Crippen LogP contribution in [0, 0.1) is 17.8 Å². The van der Waals surface area contributed by atoms with E-state index in [1.807, 2.05) is 24.3 Å². The SMILES string of the molecule is Nc1nc(C2CN(C34CC5CC(CC(C5)C3)C4)CCO2)nc2ccccc12. The molecule has 4 aliphatic carbocycles. The maximum Gasteiger partial charge on any atom is 0.161 e. The van der Waals surface area contributed by atoms with E-state index in [4.69, 9.17) is 15.5 Å². The van der Waals surface area contributed by atoms with Gasteiger partial charge >= 0.3 is 0 Å². The van der Waals surface area contributed by atoms with Crippen molar-refractivity contribution in [2.75, 3.05) is 25.4 Å². The molecule has 142 valence electrons. The summed E-state index contributed by atoms with van der Waals surface area (Å²) >= 11 is 0. The van der Waals surface area contributed by atoms with Gasteiger partial charge in [0.2, 0.25) is 0 Å². The summed E-state index contributed by atoms with van der Waals surface area (Å²) in [5, 5.41) is 0.926. The van der Waals surface area contributed by atoms with Crippen molar-refractivity contribution in [2.45, 2.75) is 50.2 Å². The van der Waals surface area contributed by atoms with Crippen LogP contribution in [0.25, 0.3) is 10.9 Å². The molecule has 1 aromatic heterocycles. The normalized spacial score (nSPS) is 38.5. The van der Waals surface area contributed by atoms with E-state index in [0.29, 0.717) is 11.4 Å². The number of hydrogen-bond donors (Lipinski definition) is 1. The van der Waals surface area contributed by atoms with Crippen LogP contribution in [0.2, 0.25) is 0 Å². The average molecular weight is 364 g/mol. The van der Waals surface area contributed by atoms with Crippen LogP contribution in [-0.2, 0) is 4.74 Å². The number of fused-ring (bicyclic) bond motifs is 1. The molecular formula is C22H28N4O. The third-order valence-corrected chi connectivity index (χ3v) is 7.68. The molecule has 1 saturated heterocycles. The molecule has 5 aliphatic rings. The maximum absolute atomic E-state index is 6.22. The zero-order valence-electron chi connectivity index (χ0n) is 15.8. The van der Waals surface area contributed by atoms with Gasteiger partial charge in [-0.15, -0.1) is 0 Å². The van der Waals surface area contributed by atoms with Gasteiger partial charge in [0.05, 0.1) is 12.1 Å². The van der Waals surface area contributed by atoms with E-state index in [9.17, 15) is 0 Å². The Morgan fingerprint density at radius 1 is 1.00 bits per heavy atom. The Morgan fingerprint density at radius 3 is 2.44 bits per heavy atom. The first kappa shape index (κ1) is 16.3. The minimum atomic E-state index is -0.0707. The van der Waals surface area contributed by atoms with Crippen LogP contribution in [-0.4, -0.2) is 40.1 Å². The third kappa shape index (κ3) is 2.59. The Kier molecular flexibility index (Phi) is 3.54. The average Bonchev–Trinajstić information content (AvgIpc) is 2.67. The Balaban J connectivity index is 1.30. The Labute approximate surface area is 160 Å². The number of aromatic nitrogens is 2. The topological polar surface area (TPSA) is 64.3 Å². The van der Waals surface area contributed by atoms with Gasteiger partial charge in [0.15, 0.2) is 5.82 Å². The fourth-order valence-corrected chi connectivity index (χ4v) is 6.95. The van der Waals surface area contributed by atoms with Crippen molar-refractivity contribution in [2.24, 2.45) is 17.8 Å². The highest BCUT2D eigenvalue weighted by molar-refractivity contribution is 5.87.